The van der Waals surface area contributed by atoms with Crippen LogP contribution in [0.3, 0.4) is 0 Å². The van der Waals surface area contributed by atoms with Crippen LogP contribution in [0.1, 0.15) is 31.2 Å². The molecule has 2 aliphatic heterocycles. The number of nitrogens with zero attached hydrogens (tertiary/aromatic N) is 3. The minimum Gasteiger partial charge on any atom is -0.343 e. The minimum atomic E-state index is -0.0578. The van der Waals surface area contributed by atoms with Gasteiger partial charge in [0.05, 0.1) is 0 Å². The summed E-state index contributed by atoms with van der Waals surface area (Å²) in [4.78, 5) is 30.6. The van der Waals surface area contributed by atoms with Crippen LogP contribution in [0.25, 0.3) is 0 Å². The van der Waals surface area contributed by atoms with Crippen LogP contribution in [0.15, 0.2) is 24.3 Å². The molecule has 0 aliphatic carbocycles. The number of amides is 3. The van der Waals surface area contributed by atoms with Crippen molar-refractivity contribution in [1.82, 2.24) is 20.0 Å². The van der Waals surface area contributed by atoms with Crippen LogP contribution in [-0.4, -0.2) is 72.5 Å². The zero-order valence-electron chi connectivity index (χ0n) is 15.8. The molecule has 7 heteroatoms. The molecule has 1 aromatic rings. The predicted molar refractivity (Wildman–Crippen MR) is 107 cm³/mol. The zero-order chi connectivity index (χ0) is 19.1. The summed E-state index contributed by atoms with van der Waals surface area (Å²) in [5.74, 6) is 0.151. The Morgan fingerprint density at radius 1 is 0.889 bits per heavy atom. The van der Waals surface area contributed by atoms with Gasteiger partial charge in [-0.05, 0) is 37.0 Å². The molecule has 1 N–H and O–H groups in total. The van der Waals surface area contributed by atoms with Crippen molar-refractivity contribution in [3.8, 4) is 0 Å². The topological polar surface area (TPSA) is 55.9 Å². The SMILES string of the molecule is O=C(CCNC(=O)N1CCCN(Cc2ccc(Cl)cc2)CC1)N1CCCC1. The summed E-state index contributed by atoms with van der Waals surface area (Å²) < 4.78 is 0. The first-order valence-electron chi connectivity index (χ1n) is 9.89. The van der Waals surface area contributed by atoms with Gasteiger partial charge >= 0.3 is 6.03 Å². The van der Waals surface area contributed by atoms with Gasteiger partial charge in [0.15, 0.2) is 0 Å². The van der Waals surface area contributed by atoms with Gasteiger partial charge in [-0.15, -0.1) is 0 Å². The fourth-order valence-electron chi connectivity index (χ4n) is 3.69. The molecular formula is C20H29ClN4O2. The monoisotopic (exact) mass is 392 g/mol. The molecule has 0 unspecified atom stereocenters. The zero-order valence-corrected chi connectivity index (χ0v) is 16.6. The maximum atomic E-state index is 12.4. The Bertz CT molecular complexity index is 631. The van der Waals surface area contributed by atoms with Gasteiger partial charge in [-0.2, -0.15) is 0 Å². The largest absolute Gasteiger partial charge is 0.343 e. The summed E-state index contributed by atoms with van der Waals surface area (Å²) in [6.07, 6.45) is 3.53. The van der Waals surface area contributed by atoms with Gasteiger partial charge in [-0.25, -0.2) is 4.79 Å². The number of likely N-dealkylation sites (tertiary alicyclic amines) is 1. The molecule has 2 aliphatic rings. The third kappa shape index (κ3) is 6.11. The predicted octanol–water partition coefficient (Wildman–Crippen LogP) is 2.57. The highest BCUT2D eigenvalue weighted by Gasteiger charge is 2.20. The Labute approximate surface area is 166 Å². The van der Waals surface area contributed by atoms with Gasteiger partial charge in [0, 0.05) is 63.8 Å². The molecule has 2 fully saturated rings. The first kappa shape index (κ1) is 20.0. The van der Waals surface area contributed by atoms with E-state index < -0.39 is 0 Å². The van der Waals surface area contributed by atoms with Crippen molar-refractivity contribution in [2.45, 2.75) is 32.2 Å². The molecule has 0 aromatic heterocycles. The average molecular weight is 393 g/mol. The van der Waals surface area contributed by atoms with Gasteiger partial charge in [0.1, 0.15) is 0 Å². The number of benzene rings is 1. The maximum Gasteiger partial charge on any atom is 0.317 e. The number of carbonyl (C=O) groups excluding carboxylic acids is 2. The number of carbonyl (C=O) groups is 2. The molecule has 6 nitrogen and oxygen atoms in total. The van der Waals surface area contributed by atoms with Crippen LogP contribution in [0.5, 0.6) is 0 Å². The lowest BCUT2D eigenvalue weighted by Gasteiger charge is -2.22. The Morgan fingerprint density at radius 3 is 2.33 bits per heavy atom. The summed E-state index contributed by atoms with van der Waals surface area (Å²) >= 11 is 5.94. The van der Waals surface area contributed by atoms with Gasteiger partial charge in [-0.3, -0.25) is 9.69 Å². The summed E-state index contributed by atoms with van der Waals surface area (Å²) in [6.45, 7) is 6.30. The van der Waals surface area contributed by atoms with E-state index in [0.717, 1.165) is 63.6 Å². The first-order valence-corrected chi connectivity index (χ1v) is 10.3. The van der Waals surface area contributed by atoms with E-state index in [1.54, 1.807) is 0 Å². The van der Waals surface area contributed by atoms with Crippen LogP contribution in [0, 0.1) is 0 Å². The molecule has 0 spiro atoms. The number of halogens is 1. The smallest absolute Gasteiger partial charge is 0.317 e. The molecule has 2 heterocycles. The van der Waals surface area contributed by atoms with E-state index in [4.69, 9.17) is 11.6 Å². The van der Waals surface area contributed by atoms with Crippen molar-refractivity contribution in [2.24, 2.45) is 0 Å². The Balaban J connectivity index is 1.38. The minimum absolute atomic E-state index is 0.0578. The third-order valence-corrected chi connectivity index (χ3v) is 5.52. The van der Waals surface area contributed by atoms with Crippen LogP contribution in [-0.2, 0) is 11.3 Å². The van der Waals surface area contributed by atoms with Crippen LogP contribution >= 0.6 is 11.6 Å². The summed E-state index contributed by atoms with van der Waals surface area (Å²) in [5, 5.41) is 3.66. The van der Waals surface area contributed by atoms with Crippen molar-refractivity contribution >= 4 is 23.5 Å². The molecule has 3 rings (SSSR count). The molecular weight excluding hydrogens is 364 g/mol. The average Bonchev–Trinajstić information content (AvgIpc) is 3.11. The summed E-state index contributed by atoms with van der Waals surface area (Å²) in [7, 11) is 0. The second kappa shape index (κ2) is 9.95. The standard InChI is InChI=1S/C20H29ClN4O2/c21-18-6-4-17(5-7-18)16-23-10-3-13-25(15-14-23)20(27)22-9-8-19(26)24-11-1-2-12-24/h4-7H,1-3,8-16H2,(H,22,27). The molecule has 0 radical (unpaired) electrons. The first-order chi connectivity index (χ1) is 13.1. The van der Waals surface area contributed by atoms with E-state index in [9.17, 15) is 9.59 Å². The van der Waals surface area contributed by atoms with Crippen molar-refractivity contribution in [3.05, 3.63) is 34.9 Å². The highest BCUT2D eigenvalue weighted by molar-refractivity contribution is 6.30. The number of urea groups is 1. The highest BCUT2D eigenvalue weighted by Crippen LogP contribution is 2.13. The second-order valence-electron chi connectivity index (χ2n) is 7.31. The molecule has 148 valence electrons. The lowest BCUT2D eigenvalue weighted by molar-refractivity contribution is -0.129. The summed E-state index contributed by atoms with van der Waals surface area (Å²) in [6, 6.07) is 7.87. The van der Waals surface area contributed by atoms with Gasteiger partial charge in [0.25, 0.3) is 0 Å². The fraction of sp³-hybridized carbons (Fsp3) is 0.600. The van der Waals surface area contributed by atoms with E-state index >= 15 is 0 Å². The van der Waals surface area contributed by atoms with Crippen LogP contribution < -0.4 is 5.32 Å². The number of hydrogen-bond donors (Lipinski definition) is 1. The Morgan fingerprint density at radius 2 is 1.59 bits per heavy atom. The van der Waals surface area contributed by atoms with E-state index in [0.29, 0.717) is 19.5 Å². The lowest BCUT2D eigenvalue weighted by atomic mass is 10.2. The van der Waals surface area contributed by atoms with E-state index in [-0.39, 0.29) is 11.9 Å². The molecule has 1 aromatic carbocycles. The molecule has 0 saturated carbocycles. The number of nitrogens with one attached hydrogen (secondary N) is 1. The molecule has 0 bridgehead atoms. The Hall–Kier alpha value is -1.79. The normalized spacial score (nSPS) is 18.4. The van der Waals surface area contributed by atoms with Gasteiger partial charge in [-0.1, -0.05) is 23.7 Å². The summed E-state index contributed by atoms with van der Waals surface area (Å²) in [5.41, 5.74) is 1.23. The van der Waals surface area contributed by atoms with E-state index in [1.165, 1.54) is 5.56 Å². The maximum absolute atomic E-state index is 12.4. The van der Waals surface area contributed by atoms with Crippen molar-refractivity contribution in [3.63, 3.8) is 0 Å². The molecule has 2 saturated heterocycles. The van der Waals surface area contributed by atoms with Crippen LogP contribution in [0.2, 0.25) is 5.02 Å². The van der Waals surface area contributed by atoms with E-state index in [2.05, 4.69) is 22.3 Å². The molecule has 3 amide bonds. The highest BCUT2D eigenvalue weighted by atomic mass is 35.5. The van der Waals surface area contributed by atoms with Gasteiger partial charge < -0.3 is 15.1 Å². The van der Waals surface area contributed by atoms with Gasteiger partial charge in [0.2, 0.25) is 5.91 Å². The third-order valence-electron chi connectivity index (χ3n) is 5.27. The Kier molecular flexibility index (Phi) is 7.35. The molecule has 0 atom stereocenters. The number of rotatable bonds is 5. The number of hydrogen-bond acceptors (Lipinski definition) is 3. The van der Waals surface area contributed by atoms with Crippen molar-refractivity contribution in [2.75, 3.05) is 45.8 Å². The van der Waals surface area contributed by atoms with E-state index in [1.807, 2.05) is 21.9 Å². The van der Waals surface area contributed by atoms with Crippen molar-refractivity contribution < 1.29 is 9.59 Å². The fourth-order valence-corrected chi connectivity index (χ4v) is 3.82. The second-order valence-corrected chi connectivity index (χ2v) is 7.75. The quantitative estimate of drug-likeness (QED) is 0.837. The molecule has 27 heavy (non-hydrogen) atoms. The lowest BCUT2D eigenvalue weighted by Crippen LogP contribution is -2.43. The van der Waals surface area contributed by atoms with Crippen LogP contribution in [0.4, 0.5) is 4.79 Å². The van der Waals surface area contributed by atoms with Crippen molar-refractivity contribution in [1.29, 1.82) is 0 Å².